The molecular formula is C24H17BrN2O5. The van der Waals surface area contributed by atoms with Gasteiger partial charge in [0.15, 0.2) is 0 Å². The molecular weight excluding hydrogens is 476 g/mol. The standard InChI is InChI=1S/C24H17BrN2O5/c1-14-2-10-18(11-3-14)26-21(15-4-8-17(25)9-5-15)20(23(29)24(26)30)22(28)16-6-12-19(13-7-16)27(31)32/h2-13,21,28H,1H3/b22-20+. The molecule has 1 atom stereocenters. The molecule has 1 heterocycles. The molecule has 3 aromatic rings. The molecule has 1 aliphatic heterocycles. The Hall–Kier alpha value is -3.78. The van der Waals surface area contributed by atoms with Crippen LogP contribution in [0.2, 0.25) is 0 Å². The Morgan fingerprint density at radius 3 is 2.12 bits per heavy atom. The molecule has 4 rings (SSSR count). The third kappa shape index (κ3) is 3.80. The second kappa shape index (κ2) is 8.39. The number of non-ortho nitro benzene ring substituents is 1. The lowest BCUT2D eigenvalue weighted by molar-refractivity contribution is -0.384. The Balaban J connectivity index is 1.90. The zero-order valence-corrected chi connectivity index (χ0v) is 18.4. The number of rotatable bonds is 4. The highest BCUT2D eigenvalue weighted by Gasteiger charge is 2.46. The summed E-state index contributed by atoms with van der Waals surface area (Å²) in [6.45, 7) is 1.92. The number of carbonyl (C=O) groups is 2. The number of aliphatic hydroxyl groups excluding tert-OH is 1. The van der Waals surface area contributed by atoms with Gasteiger partial charge in [0.25, 0.3) is 17.4 Å². The van der Waals surface area contributed by atoms with E-state index in [2.05, 4.69) is 15.9 Å². The summed E-state index contributed by atoms with van der Waals surface area (Å²) in [7, 11) is 0. The first-order valence-electron chi connectivity index (χ1n) is 9.66. The van der Waals surface area contributed by atoms with Crippen molar-refractivity contribution in [2.75, 3.05) is 4.90 Å². The average Bonchev–Trinajstić information content (AvgIpc) is 3.05. The van der Waals surface area contributed by atoms with Gasteiger partial charge in [-0.25, -0.2) is 0 Å². The van der Waals surface area contributed by atoms with Crippen LogP contribution >= 0.6 is 15.9 Å². The van der Waals surface area contributed by atoms with Gasteiger partial charge < -0.3 is 5.11 Å². The van der Waals surface area contributed by atoms with Crippen LogP contribution in [0.25, 0.3) is 5.76 Å². The normalized spacial score (nSPS) is 17.6. The zero-order chi connectivity index (χ0) is 23.0. The molecule has 0 radical (unpaired) electrons. The summed E-state index contributed by atoms with van der Waals surface area (Å²) in [5.41, 5.74) is 2.14. The molecule has 0 aliphatic carbocycles. The summed E-state index contributed by atoms with van der Waals surface area (Å²) in [5.74, 6) is -1.97. The maximum atomic E-state index is 13.1. The highest BCUT2D eigenvalue weighted by Crippen LogP contribution is 2.42. The Labute approximate surface area is 191 Å². The number of anilines is 1. The van der Waals surface area contributed by atoms with E-state index < -0.39 is 22.7 Å². The van der Waals surface area contributed by atoms with Crippen molar-refractivity contribution in [1.82, 2.24) is 0 Å². The van der Waals surface area contributed by atoms with Crippen molar-refractivity contribution >= 4 is 44.8 Å². The quantitative estimate of drug-likeness (QED) is 0.175. The largest absolute Gasteiger partial charge is 0.507 e. The van der Waals surface area contributed by atoms with Gasteiger partial charge in [0.1, 0.15) is 5.76 Å². The zero-order valence-electron chi connectivity index (χ0n) is 16.9. The maximum Gasteiger partial charge on any atom is 0.300 e. The van der Waals surface area contributed by atoms with Gasteiger partial charge in [-0.1, -0.05) is 45.8 Å². The van der Waals surface area contributed by atoms with Crippen LogP contribution in [0.3, 0.4) is 0 Å². The third-order valence-electron chi connectivity index (χ3n) is 5.29. The van der Waals surface area contributed by atoms with Crippen molar-refractivity contribution in [3.63, 3.8) is 0 Å². The van der Waals surface area contributed by atoms with Crippen molar-refractivity contribution in [2.45, 2.75) is 13.0 Å². The number of hydrogen-bond donors (Lipinski definition) is 1. The van der Waals surface area contributed by atoms with E-state index in [1.165, 1.54) is 29.2 Å². The number of carbonyl (C=O) groups excluding carboxylic acids is 2. The van der Waals surface area contributed by atoms with Gasteiger partial charge in [0.2, 0.25) is 0 Å². The number of aliphatic hydroxyl groups is 1. The van der Waals surface area contributed by atoms with Gasteiger partial charge in [0, 0.05) is 27.9 Å². The fourth-order valence-electron chi connectivity index (χ4n) is 3.66. The number of hydrogen-bond acceptors (Lipinski definition) is 5. The van der Waals surface area contributed by atoms with E-state index in [0.29, 0.717) is 11.3 Å². The van der Waals surface area contributed by atoms with Gasteiger partial charge in [0.05, 0.1) is 16.5 Å². The van der Waals surface area contributed by atoms with Crippen molar-refractivity contribution in [1.29, 1.82) is 0 Å². The van der Waals surface area contributed by atoms with Gasteiger partial charge in [-0.2, -0.15) is 0 Å². The Bertz CT molecular complexity index is 1250. The number of amides is 1. The van der Waals surface area contributed by atoms with E-state index in [4.69, 9.17) is 0 Å². The number of benzene rings is 3. The molecule has 0 saturated carbocycles. The van der Waals surface area contributed by atoms with E-state index in [-0.39, 0.29) is 22.6 Å². The molecule has 0 bridgehead atoms. The van der Waals surface area contributed by atoms with Crippen molar-refractivity contribution in [2.24, 2.45) is 0 Å². The summed E-state index contributed by atoms with van der Waals surface area (Å²) >= 11 is 3.38. The predicted octanol–water partition coefficient (Wildman–Crippen LogP) is 5.29. The number of nitrogens with zero attached hydrogens (tertiary/aromatic N) is 2. The van der Waals surface area contributed by atoms with Gasteiger partial charge in [-0.15, -0.1) is 0 Å². The first-order chi connectivity index (χ1) is 15.3. The average molecular weight is 493 g/mol. The fraction of sp³-hybridized carbons (Fsp3) is 0.0833. The molecule has 1 N–H and O–H groups in total. The van der Waals surface area contributed by atoms with Crippen LogP contribution in [0.1, 0.15) is 22.7 Å². The number of halogens is 1. The van der Waals surface area contributed by atoms with Crippen LogP contribution in [-0.2, 0) is 9.59 Å². The van der Waals surface area contributed by atoms with E-state index >= 15 is 0 Å². The van der Waals surface area contributed by atoms with Crippen molar-refractivity contribution < 1.29 is 19.6 Å². The molecule has 0 spiro atoms. The predicted molar refractivity (Wildman–Crippen MR) is 123 cm³/mol. The van der Waals surface area contributed by atoms with Crippen LogP contribution in [0, 0.1) is 17.0 Å². The molecule has 0 aromatic heterocycles. The monoisotopic (exact) mass is 492 g/mol. The van der Waals surface area contributed by atoms with Crippen molar-refractivity contribution in [3.05, 3.63) is 110 Å². The van der Waals surface area contributed by atoms with E-state index in [1.54, 1.807) is 36.4 Å². The highest BCUT2D eigenvalue weighted by molar-refractivity contribution is 9.10. The maximum absolute atomic E-state index is 13.1. The molecule has 1 unspecified atom stereocenters. The smallest absolute Gasteiger partial charge is 0.300 e. The van der Waals surface area contributed by atoms with Crippen LogP contribution in [0.15, 0.2) is 82.8 Å². The van der Waals surface area contributed by atoms with Crippen molar-refractivity contribution in [3.8, 4) is 0 Å². The molecule has 1 fully saturated rings. The van der Waals surface area contributed by atoms with E-state index in [1.807, 2.05) is 19.1 Å². The minimum absolute atomic E-state index is 0.0771. The molecule has 1 aliphatic rings. The first-order valence-corrected chi connectivity index (χ1v) is 10.4. The SMILES string of the molecule is Cc1ccc(N2C(=O)C(=O)/C(=C(/O)c3ccc([N+](=O)[O-])cc3)C2c2ccc(Br)cc2)cc1. The number of aryl methyl sites for hydroxylation is 1. The van der Waals surface area contributed by atoms with E-state index in [0.717, 1.165) is 10.0 Å². The number of nitro groups is 1. The molecule has 160 valence electrons. The number of nitro benzene ring substituents is 1. The van der Waals surface area contributed by atoms with Crippen LogP contribution < -0.4 is 4.90 Å². The topological polar surface area (TPSA) is 101 Å². The molecule has 1 saturated heterocycles. The highest BCUT2D eigenvalue weighted by atomic mass is 79.9. The molecule has 32 heavy (non-hydrogen) atoms. The summed E-state index contributed by atoms with van der Waals surface area (Å²) in [6.07, 6.45) is 0. The van der Waals surface area contributed by atoms with E-state index in [9.17, 15) is 24.8 Å². The van der Waals surface area contributed by atoms with Gasteiger partial charge >= 0.3 is 0 Å². The molecule has 8 heteroatoms. The summed E-state index contributed by atoms with van der Waals surface area (Å²) in [6, 6.07) is 18.6. The Morgan fingerprint density at radius 2 is 1.56 bits per heavy atom. The van der Waals surface area contributed by atoms with Crippen LogP contribution in [0.4, 0.5) is 11.4 Å². The fourth-order valence-corrected chi connectivity index (χ4v) is 3.93. The summed E-state index contributed by atoms with van der Waals surface area (Å²) in [5, 5.41) is 22.0. The Kier molecular flexibility index (Phi) is 5.63. The Morgan fingerprint density at radius 1 is 0.969 bits per heavy atom. The second-order valence-corrected chi connectivity index (χ2v) is 8.28. The summed E-state index contributed by atoms with van der Waals surface area (Å²) < 4.78 is 0.823. The lowest BCUT2D eigenvalue weighted by Crippen LogP contribution is -2.29. The third-order valence-corrected chi connectivity index (χ3v) is 5.82. The lowest BCUT2D eigenvalue weighted by Gasteiger charge is -2.25. The molecule has 1 amide bonds. The van der Waals surface area contributed by atoms with Gasteiger partial charge in [-0.05, 0) is 48.9 Å². The van der Waals surface area contributed by atoms with Gasteiger partial charge in [-0.3, -0.25) is 24.6 Å². The first kappa shape index (κ1) is 21.5. The molecule has 7 nitrogen and oxygen atoms in total. The van der Waals surface area contributed by atoms with Crippen LogP contribution in [-0.4, -0.2) is 21.7 Å². The number of ketones is 1. The minimum Gasteiger partial charge on any atom is -0.507 e. The van der Waals surface area contributed by atoms with Crippen LogP contribution in [0.5, 0.6) is 0 Å². The lowest BCUT2D eigenvalue weighted by atomic mass is 9.95. The minimum atomic E-state index is -0.860. The number of Topliss-reactive ketones (excluding diaryl/α,β-unsaturated/α-hetero) is 1. The molecule has 3 aromatic carbocycles. The summed E-state index contributed by atoms with van der Waals surface area (Å²) in [4.78, 5) is 37.9. The second-order valence-electron chi connectivity index (χ2n) is 7.36.